The highest BCUT2D eigenvalue weighted by Crippen LogP contribution is 2.38. The smallest absolute Gasteiger partial charge is 0.379 e. The van der Waals surface area contributed by atoms with Crippen LogP contribution in [0.15, 0.2) is 0 Å². The number of carboxylic acids is 1. The molecular formula is C13H28NO6P. The van der Waals surface area contributed by atoms with Gasteiger partial charge in [0, 0.05) is 0 Å². The van der Waals surface area contributed by atoms with Gasteiger partial charge in [0.25, 0.3) is 0 Å². The number of hydrogen-bond donors (Lipinski definition) is 3. The van der Waals surface area contributed by atoms with Crippen LogP contribution in [0.4, 0.5) is 0 Å². The third kappa shape index (κ3) is 13.0. The molecule has 1 unspecified atom stereocenters. The number of carboxylic acid groups (broad SMARTS) is 1. The predicted octanol–water partition coefficient (Wildman–Crippen LogP) is 2.66. The molecule has 0 saturated heterocycles. The first-order chi connectivity index (χ1) is 9.68. The van der Waals surface area contributed by atoms with Crippen LogP contribution in [0.1, 0.15) is 58.3 Å². The van der Waals surface area contributed by atoms with Crippen molar-refractivity contribution in [3.63, 3.8) is 0 Å². The molecular weight excluding hydrogens is 297 g/mol. The van der Waals surface area contributed by atoms with Gasteiger partial charge in [-0.2, -0.15) is 0 Å². The number of hydroxylamine groups is 3. The van der Waals surface area contributed by atoms with E-state index in [1.165, 1.54) is 19.3 Å². The average Bonchev–Trinajstić information content (AvgIpc) is 2.29. The van der Waals surface area contributed by atoms with Gasteiger partial charge in [-0.15, -0.1) is 0 Å². The van der Waals surface area contributed by atoms with Crippen molar-refractivity contribution in [1.29, 1.82) is 0 Å². The molecule has 0 aliphatic rings. The van der Waals surface area contributed by atoms with Gasteiger partial charge >= 0.3 is 13.6 Å². The first kappa shape index (κ1) is 20.5. The Kier molecular flexibility index (Phi) is 10.1. The van der Waals surface area contributed by atoms with Gasteiger partial charge in [-0.05, 0) is 12.8 Å². The molecule has 0 radical (unpaired) electrons. The Morgan fingerprint density at radius 1 is 1.05 bits per heavy atom. The largest absolute Gasteiger partial charge is 0.632 e. The van der Waals surface area contributed by atoms with E-state index < -0.39 is 31.0 Å². The summed E-state index contributed by atoms with van der Waals surface area (Å²) in [5.74, 6) is -1.34. The van der Waals surface area contributed by atoms with E-state index in [1.54, 1.807) is 0 Å². The van der Waals surface area contributed by atoms with Crippen molar-refractivity contribution in [3.05, 3.63) is 5.21 Å². The summed E-state index contributed by atoms with van der Waals surface area (Å²) in [6, 6.07) is 0. The van der Waals surface area contributed by atoms with Gasteiger partial charge < -0.3 is 24.7 Å². The van der Waals surface area contributed by atoms with Crippen LogP contribution in [0, 0.1) is 5.21 Å². The zero-order valence-corrected chi connectivity index (χ0v) is 13.6. The van der Waals surface area contributed by atoms with Crippen LogP contribution in [0.5, 0.6) is 0 Å². The topological polar surface area (TPSA) is 118 Å². The third-order valence-electron chi connectivity index (χ3n) is 3.28. The number of unbranched alkanes of at least 4 members (excludes halogenated alkanes) is 7. The van der Waals surface area contributed by atoms with Gasteiger partial charge in [0.1, 0.15) is 0 Å². The molecule has 0 heterocycles. The van der Waals surface area contributed by atoms with Gasteiger partial charge in [0.2, 0.25) is 0 Å². The van der Waals surface area contributed by atoms with Crippen LogP contribution in [0.2, 0.25) is 0 Å². The molecule has 0 fully saturated rings. The molecule has 0 aliphatic heterocycles. The second kappa shape index (κ2) is 10.3. The van der Waals surface area contributed by atoms with Gasteiger partial charge in [0.05, 0.1) is 6.54 Å². The normalized spacial score (nSPS) is 14.9. The molecule has 0 amide bonds. The lowest BCUT2D eigenvalue weighted by atomic mass is 10.1. The van der Waals surface area contributed by atoms with E-state index in [1.807, 2.05) is 0 Å². The Morgan fingerprint density at radius 2 is 1.52 bits per heavy atom. The summed E-state index contributed by atoms with van der Waals surface area (Å²) in [6.45, 7) is 1.28. The van der Waals surface area contributed by atoms with Gasteiger partial charge in [-0.25, -0.2) is 4.79 Å². The molecule has 1 atom stereocenters. The second-order valence-corrected chi connectivity index (χ2v) is 7.23. The van der Waals surface area contributed by atoms with E-state index in [0.29, 0.717) is 6.42 Å². The zero-order chi connectivity index (χ0) is 16.4. The molecule has 0 rings (SSSR count). The minimum absolute atomic E-state index is 0.0631. The van der Waals surface area contributed by atoms with E-state index >= 15 is 0 Å². The molecule has 0 aliphatic carbocycles. The van der Waals surface area contributed by atoms with Crippen LogP contribution in [-0.2, 0) is 9.36 Å². The van der Waals surface area contributed by atoms with Crippen molar-refractivity contribution in [3.8, 4) is 0 Å². The maximum atomic E-state index is 12.2. The van der Waals surface area contributed by atoms with Crippen LogP contribution in [0.25, 0.3) is 0 Å². The second-order valence-electron chi connectivity index (χ2n) is 5.61. The van der Waals surface area contributed by atoms with Gasteiger partial charge in [0.15, 0.2) is 12.8 Å². The van der Waals surface area contributed by atoms with Crippen molar-refractivity contribution >= 4 is 13.6 Å². The van der Waals surface area contributed by atoms with Crippen LogP contribution in [-0.4, -0.2) is 44.9 Å². The summed E-state index contributed by atoms with van der Waals surface area (Å²) in [5, 5.41) is 20.9. The lowest BCUT2D eigenvalue weighted by Crippen LogP contribution is -2.47. The molecule has 0 aromatic carbocycles. The van der Waals surface area contributed by atoms with Gasteiger partial charge in [-0.1, -0.05) is 45.4 Å². The molecule has 8 heteroatoms. The molecule has 3 N–H and O–H groups in total. The highest BCUT2D eigenvalue weighted by Gasteiger charge is 2.30. The molecule has 0 saturated carbocycles. The maximum absolute atomic E-state index is 12.2. The SMILES string of the molecule is CCCCCCCCCC[N+]([O-])(CC(=O)O)CP(=O)(O)O. The number of quaternary nitrogens is 1. The van der Waals surface area contributed by atoms with E-state index in [9.17, 15) is 14.6 Å². The van der Waals surface area contributed by atoms with Crippen molar-refractivity contribution in [2.75, 3.05) is 19.4 Å². The summed E-state index contributed by atoms with van der Waals surface area (Å²) in [6.07, 6.45) is 7.13. The lowest BCUT2D eigenvalue weighted by Gasteiger charge is -2.41. The summed E-state index contributed by atoms with van der Waals surface area (Å²) in [5.41, 5.74) is 0. The summed E-state index contributed by atoms with van der Waals surface area (Å²) in [4.78, 5) is 28.5. The van der Waals surface area contributed by atoms with Crippen molar-refractivity contribution < 1.29 is 28.9 Å². The number of hydrogen-bond acceptors (Lipinski definition) is 3. The fourth-order valence-corrected chi connectivity index (χ4v) is 3.23. The van der Waals surface area contributed by atoms with E-state index in [4.69, 9.17) is 14.9 Å². The first-order valence-electron chi connectivity index (χ1n) is 7.52. The quantitative estimate of drug-likeness (QED) is 0.207. The Hall–Kier alpha value is -0.460. The Labute approximate surface area is 126 Å². The highest BCUT2D eigenvalue weighted by molar-refractivity contribution is 7.51. The van der Waals surface area contributed by atoms with E-state index in [-0.39, 0.29) is 6.54 Å². The fourth-order valence-electron chi connectivity index (χ4n) is 2.32. The van der Waals surface area contributed by atoms with E-state index in [0.717, 1.165) is 25.7 Å². The molecule has 0 spiro atoms. The van der Waals surface area contributed by atoms with Crippen LogP contribution < -0.4 is 0 Å². The maximum Gasteiger partial charge on any atom is 0.379 e. The number of rotatable bonds is 13. The average molecular weight is 325 g/mol. The standard InChI is InChI=1S/C13H28NO6P/c1-2-3-4-5-6-7-8-9-10-14(17,11-13(15)16)12-21(18,19)20/h2-12H2,1H3,(H,15,16)(H2,18,19,20). The van der Waals surface area contributed by atoms with Crippen LogP contribution >= 0.6 is 7.60 Å². The Balaban J connectivity index is 4.02. The predicted molar refractivity (Wildman–Crippen MR) is 80.5 cm³/mol. The van der Waals surface area contributed by atoms with E-state index in [2.05, 4.69) is 6.92 Å². The molecule has 0 bridgehead atoms. The summed E-state index contributed by atoms with van der Waals surface area (Å²) in [7, 11) is -4.52. The molecule has 7 nitrogen and oxygen atoms in total. The first-order valence-corrected chi connectivity index (χ1v) is 9.32. The van der Waals surface area contributed by atoms with Gasteiger partial charge in [-0.3, -0.25) is 4.57 Å². The highest BCUT2D eigenvalue weighted by atomic mass is 31.2. The summed E-state index contributed by atoms with van der Waals surface area (Å²) >= 11 is 0. The van der Waals surface area contributed by atoms with Crippen molar-refractivity contribution in [2.24, 2.45) is 0 Å². The van der Waals surface area contributed by atoms with Crippen molar-refractivity contribution in [1.82, 2.24) is 0 Å². The monoisotopic (exact) mass is 325 g/mol. The van der Waals surface area contributed by atoms with Crippen molar-refractivity contribution in [2.45, 2.75) is 58.3 Å². The third-order valence-corrected chi connectivity index (χ3v) is 4.17. The van der Waals surface area contributed by atoms with Crippen LogP contribution in [0.3, 0.4) is 0 Å². The number of aliphatic carboxylic acids is 1. The Bertz CT molecular complexity index is 346. The Morgan fingerprint density at radius 3 is 1.95 bits per heavy atom. The fraction of sp³-hybridized carbons (Fsp3) is 0.923. The lowest BCUT2D eigenvalue weighted by molar-refractivity contribution is -0.863. The molecule has 0 aromatic rings. The minimum atomic E-state index is -4.52. The molecule has 21 heavy (non-hydrogen) atoms. The number of carbonyl (C=O) groups is 1. The molecule has 126 valence electrons. The zero-order valence-electron chi connectivity index (χ0n) is 12.7. The summed E-state index contributed by atoms with van der Waals surface area (Å²) < 4.78 is 9.60. The number of nitrogens with zero attached hydrogens (tertiary/aromatic N) is 1. The molecule has 0 aromatic heterocycles. The minimum Gasteiger partial charge on any atom is -0.632 e.